The van der Waals surface area contributed by atoms with Gasteiger partial charge in [0.2, 0.25) is 0 Å². The van der Waals surface area contributed by atoms with Crippen molar-refractivity contribution in [1.29, 1.82) is 0 Å². The monoisotopic (exact) mass is 366 g/mol. The number of carbonyl (C=O) groups excluding carboxylic acids is 1. The van der Waals surface area contributed by atoms with E-state index in [0.29, 0.717) is 6.54 Å². The molecule has 1 aromatic carbocycles. The minimum atomic E-state index is -0.790. The molecule has 98 valence electrons. The fraction of sp³-hybridized carbons (Fsp3) is 0.364. The summed E-state index contributed by atoms with van der Waals surface area (Å²) < 4.78 is 14.1. The van der Waals surface area contributed by atoms with E-state index in [4.69, 9.17) is 0 Å². The van der Waals surface area contributed by atoms with Crippen LogP contribution in [0, 0.1) is 15.9 Å². The van der Waals surface area contributed by atoms with Crippen molar-refractivity contribution in [2.45, 2.75) is 12.8 Å². The highest BCUT2D eigenvalue weighted by atomic mass is 127. The minimum Gasteiger partial charge on any atom is -0.352 e. The molecule has 0 aromatic heterocycles. The predicted octanol–water partition coefficient (Wildman–Crippen LogP) is 2.68. The van der Waals surface area contributed by atoms with Crippen LogP contribution in [0.15, 0.2) is 18.2 Å². The van der Waals surface area contributed by atoms with Crippen LogP contribution in [0.5, 0.6) is 0 Å². The van der Waals surface area contributed by atoms with E-state index in [1.807, 2.05) is 0 Å². The summed E-state index contributed by atoms with van der Waals surface area (Å²) >= 11 is 2.23. The van der Waals surface area contributed by atoms with Crippen LogP contribution in [0.2, 0.25) is 0 Å². The first kappa shape index (κ1) is 14.8. The van der Waals surface area contributed by atoms with Gasteiger partial charge in [-0.05, 0) is 23.3 Å². The van der Waals surface area contributed by atoms with Gasteiger partial charge in [-0.3, -0.25) is 14.9 Å². The van der Waals surface area contributed by atoms with Gasteiger partial charge in [0.15, 0.2) is 0 Å². The van der Waals surface area contributed by atoms with Crippen molar-refractivity contribution in [3.8, 4) is 0 Å². The van der Waals surface area contributed by atoms with Crippen molar-refractivity contribution < 1.29 is 14.1 Å². The molecule has 0 spiro atoms. The number of hydrogen-bond acceptors (Lipinski definition) is 3. The molecule has 0 atom stereocenters. The van der Waals surface area contributed by atoms with Gasteiger partial charge in [0.1, 0.15) is 5.82 Å². The molecule has 0 radical (unpaired) electrons. The summed E-state index contributed by atoms with van der Waals surface area (Å²) in [5, 5.41) is 13.1. The van der Waals surface area contributed by atoms with Gasteiger partial charge in [-0.25, -0.2) is 4.39 Å². The van der Waals surface area contributed by atoms with Crippen LogP contribution in [0.1, 0.15) is 23.2 Å². The molecule has 0 aliphatic carbocycles. The van der Waals surface area contributed by atoms with Crippen molar-refractivity contribution >= 4 is 34.2 Å². The molecule has 0 unspecified atom stereocenters. The second-order valence-corrected chi connectivity index (χ2v) is 4.69. The highest BCUT2D eigenvalue weighted by Gasteiger charge is 2.14. The van der Waals surface area contributed by atoms with Crippen molar-refractivity contribution in [2.24, 2.45) is 0 Å². The number of rotatable bonds is 6. The Balaban J connectivity index is 2.70. The molecule has 0 bridgehead atoms. The zero-order valence-electron chi connectivity index (χ0n) is 9.49. The summed E-state index contributed by atoms with van der Waals surface area (Å²) in [5.41, 5.74) is -0.455. The molecular weight excluding hydrogens is 354 g/mol. The number of hydrogen-bond donors (Lipinski definition) is 1. The molecule has 1 rings (SSSR count). The predicted molar refractivity (Wildman–Crippen MR) is 73.5 cm³/mol. The third-order valence-electron chi connectivity index (χ3n) is 2.20. The summed E-state index contributed by atoms with van der Waals surface area (Å²) in [6.45, 7) is 0.478. The second kappa shape index (κ2) is 7.24. The number of nitrogens with one attached hydrogen (secondary N) is 1. The Bertz CT molecular complexity index is 454. The fourth-order valence-corrected chi connectivity index (χ4v) is 1.87. The Labute approximate surface area is 117 Å². The lowest BCUT2D eigenvalue weighted by atomic mass is 10.2. The van der Waals surface area contributed by atoms with E-state index in [9.17, 15) is 19.3 Å². The molecule has 1 amide bonds. The highest BCUT2D eigenvalue weighted by Crippen LogP contribution is 2.16. The molecule has 1 aromatic rings. The summed E-state index contributed by atoms with van der Waals surface area (Å²) in [5.74, 6) is -1.28. The Kier molecular flexibility index (Phi) is 5.96. The number of non-ortho nitro benzene ring substituents is 1. The summed E-state index contributed by atoms with van der Waals surface area (Å²) in [4.78, 5) is 21.4. The standard InChI is InChI=1S/C11H12FIN2O3/c12-9-5-8(6-10(7-9)15(17)18)11(16)14-4-2-1-3-13/h5-7H,1-4H2,(H,14,16). The van der Waals surface area contributed by atoms with Crippen molar-refractivity contribution in [3.63, 3.8) is 0 Å². The number of nitro benzene ring substituents is 1. The van der Waals surface area contributed by atoms with Gasteiger partial charge in [0.05, 0.1) is 11.0 Å². The fourth-order valence-electron chi connectivity index (χ4n) is 1.33. The van der Waals surface area contributed by atoms with Gasteiger partial charge < -0.3 is 5.32 Å². The smallest absolute Gasteiger partial charge is 0.273 e. The van der Waals surface area contributed by atoms with Crippen LogP contribution in [0.25, 0.3) is 0 Å². The largest absolute Gasteiger partial charge is 0.352 e. The zero-order chi connectivity index (χ0) is 13.5. The maximum atomic E-state index is 13.1. The average Bonchev–Trinajstić information content (AvgIpc) is 2.33. The second-order valence-electron chi connectivity index (χ2n) is 3.61. The van der Waals surface area contributed by atoms with Crippen LogP contribution >= 0.6 is 22.6 Å². The van der Waals surface area contributed by atoms with Gasteiger partial charge in [-0.1, -0.05) is 22.6 Å². The van der Waals surface area contributed by atoms with E-state index in [0.717, 1.165) is 35.5 Å². The number of amides is 1. The SMILES string of the molecule is O=C(NCCCCI)c1cc(F)cc([N+](=O)[O-])c1. The van der Waals surface area contributed by atoms with Gasteiger partial charge in [-0.15, -0.1) is 0 Å². The molecule has 7 heteroatoms. The molecular formula is C11H12FIN2O3. The maximum Gasteiger partial charge on any atom is 0.273 e. The number of unbranched alkanes of at least 4 members (excludes halogenated alkanes) is 1. The lowest BCUT2D eigenvalue weighted by Crippen LogP contribution is -2.24. The van der Waals surface area contributed by atoms with E-state index < -0.39 is 22.3 Å². The molecule has 0 heterocycles. The number of benzene rings is 1. The molecule has 0 aliphatic heterocycles. The molecule has 0 saturated heterocycles. The average molecular weight is 366 g/mol. The summed E-state index contributed by atoms with van der Waals surface area (Å²) in [6, 6.07) is 2.84. The van der Waals surface area contributed by atoms with E-state index in [-0.39, 0.29) is 5.56 Å². The van der Waals surface area contributed by atoms with Crippen molar-refractivity contribution in [3.05, 3.63) is 39.7 Å². The van der Waals surface area contributed by atoms with E-state index >= 15 is 0 Å². The first-order valence-corrected chi connectivity index (χ1v) is 6.86. The van der Waals surface area contributed by atoms with Crippen molar-refractivity contribution in [1.82, 2.24) is 5.32 Å². The van der Waals surface area contributed by atoms with Gasteiger partial charge >= 0.3 is 0 Å². The van der Waals surface area contributed by atoms with E-state index in [2.05, 4.69) is 27.9 Å². The van der Waals surface area contributed by atoms with Crippen LogP contribution in [-0.2, 0) is 0 Å². The normalized spacial score (nSPS) is 10.1. The first-order valence-electron chi connectivity index (χ1n) is 5.33. The van der Waals surface area contributed by atoms with E-state index in [1.54, 1.807) is 0 Å². The molecule has 0 aliphatic rings. The Hall–Kier alpha value is -1.25. The quantitative estimate of drug-likeness (QED) is 0.277. The number of nitrogens with zero attached hydrogens (tertiary/aromatic N) is 1. The Morgan fingerprint density at radius 2 is 2.11 bits per heavy atom. The molecule has 0 saturated carbocycles. The number of nitro groups is 1. The maximum absolute atomic E-state index is 13.1. The number of carbonyl (C=O) groups is 1. The lowest BCUT2D eigenvalue weighted by Gasteiger charge is -2.04. The van der Waals surface area contributed by atoms with Crippen LogP contribution < -0.4 is 5.32 Å². The van der Waals surface area contributed by atoms with Gasteiger partial charge in [0.25, 0.3) is 11.6 Å². The minimum absolute atomic E-state index is 0.0313. The molecule has 5 nitrogen and oxygen atoms in total. The van der Waals surface area contributed by atoms with Crippen LogP contribution in [0.3, 0.4) is 0 Å². The van der Waals surface area contributed by atoms with Crippen molar-refractivity contribution in [2.75, 3.05) is 11.0 Å². The third kappa shape index (κ3) is 4.55. The number of halogens is 2. The number of alkyl halides is 1. The molecule has 0 fully saturated rings. The lowest BCUT2D eigenvalue weighted by molar-refractivity contribution is -0.385. The summed E-state index contributed by atoms with van der Waals surface area (Å²) in [6.07, 6.45) is 1.80. The molecule has 1 N–H and O–H groups in total. The van der Waals surface area contributed by atoms with Crippen LogP contribution in [-0.4, -0.2) is 21.8 Å². The van der Waals surface area contributed by atoms with Crippen LogP contribution in [0.4, 0.5) is 10.1 Å². The van der Waals surface area contributed by atoms with Gasteiger partial charge in [-0.2, -0.15) is 0 Å². The summed E-state index contributed by atoms with van der Waals surface area (Å²) in [7, 11) is 0. The zero-order valence-corrected chi connectivity index (χ0v) is 11.6. The Morgan fingerprint density at radius 3 is 2.72 bits per heavy atom. The topological polar surface area (TPSA) is 72.2 Å². The molecule has 18 heavy (non-hydrogen) atoms. The highest BCUT2D eigenvalue weighted by molar-refractivity contribution is 14.1. The first-order chi connectivity index (χ1) is 8.54. The third-order valence-corrected chi connectivity index (χ3v) is 2.96. The van der Waals surface area contributed by atoms with E-state index in [1.165, 1.54) is 0 Å². The Morgan fingerprint density at radius 1 is 1.39 bits per heavy atom. The van der Waals surface area contributed by atoms with Gasteiger partial charge in [0, 0.05) is 18.2 Å².